The summed E-state index contributed by atoms with van der Waals surface area (Å²) < 4.78 is 13.3. The van der Waals surface area contributed by atoms with E-state index in [-0.39, 0.29) is 5.82 Å². The van der Waals surface area contributed by atoms with E-state index in [1.54, 1.807) is 6.07 Å². The van der Waals surface area contributed by atoms with Crippen LogP contribution in [0.4, 0.5) is 4.39 Å². The summed E-state index contributed by atoms with van der Waals surface area (Å²) in [5, 5.41) is 3.34. The Morgan fingerprint density at radius 2 is 2.20 bits per heavy atom. The minimum Gasteiger partial charge on any atom is -0.316 e. The molecule has 2 heteroatoms. The molecule has 0 aliphatic carbocycles. The molecule has 1 aliphatic heterocycles. The van der Waals surface area contributed by atoms with Crippen molar-refractivity contribution in [2.75, 3.05) is 13.1 Å². The van der Waals surface area contributed by atoms with E-state index >= 15 is 0 Å². The van der Waals surface area contributed by atoms with Gasteiger partial charge in [0.1, 0.15) is 5.82 Å². The molecule has 0 saturated carbocycles. The van der Waals surface area contributed by atoms with Gasteiger partial charge in [0.15, 0.2) is 0 Å². The van der Waals surface area contributed by atoms with Crippen LogP contribution >= 0.6 is 0 Å². The highest BCUT2D eigenvalue weighted by atomic mass is 19.1. The lowest BCUT2D eigenvalue weighted by atomic mass is 9.98. The van der Waals surface area contributed by atoms with Crippen LogP contribution in [-0.2, 0) is 0 Å². The third kappa shape index (κ3) is 2.90. The van der Waals surface area contributed by atoms with Crippen LogP contribution < -0.4 is 5.32 Å². The first kappa shape index (κ1) is 10.4. The fraction of sp³-hybridized carbons (Fsp3) is 0.385. The van der Waals surface area contributed by atoms with Crippen molar-refractivity contribution < 1.29 is 4.39 Å². The third-order valence-corrected chi connectivity index (χ3v) is 2.79. The second-order valence-electron chi connectivity index (χ2n) is 3.99. The second kappa shape index (κ2) is 5.08. The topological polar surface area (TPSA) is 12.0 Å². The van der Waals surface area contributed by atoms with Gasteiger partial charge in [-0.3, -0.25) is 0 Å². The van der Waals surface area contributed by atoms with Gasteiger partial charge < -0.3 is 5.32 Å². The van der Waals surface area contributed by atoms with E-state index in [0.717, 1.165) is 13.1 Å². The summed E-state index contributed by atoms with van der Waals surface area (Å²) in [6.45, 7) is 2.13. The highest BCUT2D eigenvalue weighted by Gasteiger charge is 2.09. The number of halogens is 1. The summed E-state index contributed by atoms with van der Waals surface area (Å²) in [6.07, 6.45) is 6.43. The summed E-state index contributed by atoms with van der Waals surface area (Å²) in [5.74, 6) is 0.413. The first-order valence-corrected chi connectivity index (χ1v) is 5.50. The van der Waals surface area contributed by atoms with Gasteiger partial charge in [-0.2, -0.15) is 0 Å². The van der Waals surface area contributed by atoms with Crippen molar-refractivity contribution in [1.29, 1.82) is 0 Å². The van der Waals surface area contributed by atoms with Crippen LogP contribution in [0.15, 0.2) is 30.3 Å². The molecule has 1 aromatic rings. The Hall–Kier alpha value is -1.15. The number of nitrogens with one attached hydrogen (secondary N) is 1. The summed E-state index contributed by atoms with van der Waals surface area (Å²) in [6, 6.07) is 6.89. The van der Waals surface area contributed by atoms with Crippen molar-refractivity contribution in [3.8, 4) is 0 Å². The Balaban J connectivity index is 2.01. The largest absolute Gasteiger partial charge is 0.316 e. The van der Waals surface area contributed by atoms with Crippen molar-refractivity contribution in [2.24, 2.45) is 5.92 Å². The molecule has 0 spiro atoms. The molecule has 2 rings (SSSR count). The zero-order chi connectivity index (χ0) is 10.5. The van der Waals surface area contributed by atoms with E-state index in [2.05, 4.69) is 11.4 Å². The zero-order valence-corrected chi connectivity index (χ0v) is 8.75. The van der Waals surface area contributed by atoms with Gasteiger partial charge in [0.2, 0.25) is 0 Å². The number of rotatable bonds is 2. The van der Waals surface area contributed by atoms with Gasteiger partial charge >= 0.3 is 0 Å². The van der Waals surface area contributed by atoms with Crippen molar-refractivity contribution in [3.05, 3.63) is 41.7 Å². The van der Waals surface area contributed by atoms with Gasteiger partial charge in [-0.05, 0) is 31.4 Å². The quantitative estimate of drug-likeness (QED) is 0.782. The van der Waals surface area contributed by atoms with Gasteiger partial charge in [0.05, 0.1) is 0 Å². The molecule has 1 unspecified atom stereocenters. The Morgan fingerprint density at radius 3 is 2.93 bits per heavy atom. The van der Waals surface area contributed by atoms with Crippen LogP contribution in [0.5, 0.6) is 0 Å². The van der Waals surface area contributed by atoms with Gasteiger partial charge in [-0.25, -0.2) is 4.39 Å². The van der Waals surface area contributed by atoms with Crippen molar-refractivity contribution in [1.82, 2.24) is 5.32 Å². The van der Waals surface area contributed by atoms with E-state index in [4.69, 9.17) is 0 Å². The van der Waals surface area contributed by atoms with Crippen LogP contribution in [0.1, 0.15) is 18.4 Å². The highest BCUT2D eigenvalue weighted by Crippen LogP contribution is 2.15. The van der Waals surface area contributed by atoms with Gasteiger partial charge in [0, 0.05) is 12.1 Å². The molecule has 0 amide bonds. The molecule has 1 atom stereocenters. The number of hydrogen-bond donors (Lipinski definition) is 1. The van der Waals surface area contributed by atoms with Crippen LogP contribution in [0.3, 0.4) is 0 Å². The SMILES string of the molecule is Fc1ccccc1/C=C/C1CCCNC1. The maximum Gasteiger partial charge on any atom is 0.130 e. The van der Waals surface area contributed by atoms with Crippen LogP contribution in [0.25, 0.3) is 6.08 Å². The summed E-state index contributed by atoms with van der Waals surface area (Å²) in [7, 11) is 0. The molecule has 0 bridgehead atoms. The fourth-order valence-electron chi connectivity index (χ4n) is 1.89. The van der Waals surface area contributed by atoms with Gasteiger partial charge in [-0.1, -0.05) is 30.4 Å². The number of hydrogen-bond acceptors (Lipinski definition) is 1. The molecule has 1 aliphatic rings. The molecule has 1 nitrogen and oxygen atoms in total. The first-order valence-electron chi connectivity index (χ1n) is 5.50. The normalized spacial score (nSPS) is 22.1. The number of piperidine rings is 1. The standard InChI is InChI=1S/C13H16FN/c14-13-6-2-1-5-12(13)8-7-11-4-3-9-15-10-11/h1-2,5-8,11,15H,3-4,9-10H2/b8-7+. The Kier molecular flexibility index (Phi) is 3.51. The average molecular weight is 205 g/mol. The molecule has 1 saturated heterocycles. The smallest absolute Gasteiger partial charge is 0.130 e. The number of benzene rings is 1. The van der Waals surface area contributed by atoms with E-state index in [1.807, 2.05) is 18.2 Å². The molecular weight excluding hydrogens is 189 g/mol. The van der Waals surface area contributed by atoms with Crippen LogP contribution in [0.2, 0.25) is 0 Å². The van der Waals surface area contributed by atoms with Crippen molar-refractivity contribution in [3.63, 3.8) is 0 Å². The minimum absolute atomic E-state index is 0.141. The van der Waals surface area contributed by atoms with Crippen LogP contribution in [-0.4, -0.2) is 13.1 Å². The zero-order valence-electron chi connectivity index (χ0n) is 8.75. The molecule has 1 N–H and O–H groups in total. The van der Waals surface area contributed by atoms with Crippen molar-refractivity contribution >= 4 is 6.08 Å². The Bertz CT molecular complexity index is 340. The monoisotopic (exact) mass is 205 g/mol. The molecular formula is C13H16FN. The second-order valence-corrected chi connectivity index (χ2v) is 3.99. The van der Waals surface area contributed by atoms with E-state index in [0.29, 0.717) is 11.5 Å². The molecule has 0 aromatic heterocycles. The molecule has 1 fully saturated rings. The maximum atomic E-state index is 13.3. The summed E-state index contributed by atoms with van der Waals surface area (Å²) in [4.78, 5) is 0. The Labute approximate surface area is 90.0 Å². The predicted molar refractivity (Wildman–Crippen MR) is 61.0 cm³/mol. The predicted octanol–water partition coefficient (Wildman–Crippen LogP) is 2.84. The van der Waals surface area contributed by atoms with Crippen LogP contribution in [0, 0.1) is 11.7 Å². The molecule has 0 radical (unpaired) electrons. The third-order valence-electron chi connectivity index (χ3n) is 2.79. The summed E-state index contributed by atoms with van der Waals surface area (Å²) in [5.41, 5.74) is 0.683. The van der Waals surface area contributed by atoms with E-state index < -0.39 is 0 Å². The van der Waals surface area contributed by atoms with Crippen molar-refractivity contribution in [2.45, 2.75) is 12.8 Å². The average Bonchev–Trinajstić information content (AvgIpc) is 2.29. The lowest BCUT2D eigenvalue weighted by Crippen LogP contribution is -2.28. The molecule has 1 heterocycles. The lowest BCUT2D eigenvalue weighted by Gasteiger charge is -2.19. The highest BCUT2D eigenvalue weighted by molar-refractivity contribution is 5.50. The molecule has 80 valence electrons. The van der Waals surface area contributed by atoms with E-state index in [9.17, 15) is 4.39 Å². The first-order chi connectivity index (χ1) is 7.36. The molecule has 15 heavy (non-hydrogen) atoms. The van der Waals surface area contributed by atoms with Gasteiger partial charge in [-0.15, -0.1) is 0 Å². The maximum absolute atomic E-state index is 13.3. The van der Waals surface area contributed by atoms with E-state index in [1.165, 1.54) is 18.9 Å². The molecule has 1 aromatic carbocycles. The Morgan fingerprint density at radius 1 is 1.33 bits per heavy atom. The lowest BCUT2D eigenvalue weighted by molar-refractivity contribution is 0.439. The fourth-order valence-corrected chi connectivity index (χ4v) is 1.89. The minimum atomic E-state index is -0.141. The summed E-state index contributed by atoms with van der Waals surface area (Å²) >= 11 is 0. The van der Waals surface area contributed by atoms with Gasteiger partial charge in [0.25, 0.3) is 0 Å².